The molecule has 2 amide bonds. The summed E-state index contributed by atoms with van der Waals surface area (Å²) in [6.45, 7) is 5.76. The molecule has 9 heteroatoms. The molecule has 2 aromatic rings. The smallest absolute Gasteiger partial charge is 0.240 e. The number of halogens is 2. The van der Waals surface area contributed by atoms with Crippen LogP contribution in [0.2, 0.25) is 5.02 Å². The van der Waals surface area contributed by atoms with Crippen LogP contribution in [-0.4, -0.2) is 31.2 Å². The molecule has 0 aliphatic rings. The number of rotatable bonds is 9. The minimum atomic E-state index is -0.366. The quantitative estimate of drug-likeness (QED) is 0.260. The van der Waals surface area contributed by atoms with Crippen LogP contribution in [0.3, 0.4) is 0 Å². The van der Waals surface area contributed by atoms with Crippen molar-refractivity contribution in [2.24, 2.45) is 5.10 Å². The molecule has 0 fully saturated rings. The van der Waals surface area contributed by atoms with Gasteiger partial charge in [0.25, 0.3) is 0 Å². The van der Waals surface area contributed by atoms with Gasteiger partial charge >= 0.3 is 0 Å². The maximum absolute atomic E-state index is 12.0. The molecule has 0 aliphatic carbocycles. The van der Waals surface area contributed by atoms with Gasteiger partial charge in [-0.05, 0) is 78.8 Å². The second-order valence-electron chi connectivity index (χ2n) is 7.01. The molecule has 0 heterocycles. The van der Waals surface area contributed by atoms with Crippen molar-refractivity contribution in [3.63, 3.8) is 0 Å². The van der Waals surface area contributed by atoms with Crippen LogP contribution >= 0.6 is 34.2 Å². The minimum absolute atomic E-state index is 0.00475. The molecule has 0 atom stereocenters. The zero-order valence-electron chi connectivity index (χ0n) is 17.8. The van der Waals surface area contributed by atoms with Gasteiger partial charge in [0.1, 0.15) is 0 Å². The lowest BCUT2D eigenvalue weighted by Crippen LogP contribution is -2.20. The Labute approximate surface area is 200 Å². The molecule has 0 radical (unpaired) electrons. The third-order valence-electron chi connectivity index (χ3n) is 4.04. The molecule has 2 rings (SSSR count). The topological polar surface area (TPSA) is 89.0 Å². The van der Waals surface area contributed by atoms with Crippen molar-refractivity contribution in [1.82, 2.24) is 5.43 Å². The van der Waals surface area contributed by atoms with E-state index in [1.165, 1.54) is 6.21 Å². The predicted molar refractivity (Wildman–Crippen MR) is 131 cm³/mol. The fourth-order valence-electron chi connectivity index (χ4n) is 2.52. The molecule has 0 saturated carbocycles. The lowest BCUT2D eigenvalue weighted by atomic mass is 10.2. The molecule has 7 nitrogen and oxygen atoms in total. The van der Waals surface area contributed by atoms with E-state index in [4.69, 9.17) is 21.1 Å². The second kappa shape index (κ2) is 11.9. The van der Waals surface area contributed by atoms with E-state index in [9.17, 15) is 9.59 Å². The third-order valence-corrected chi connectivity index (χ3v) is 5.25. The molecule has 0 aliphatic heterocycles. The Morgan fingerprint density at radius 3 is 2.55 bits per heavy atom. The Balaban J connectivity index is 1.87. The average Bonchev–Trinajstić information content (AvgIpc) is 2.70. The first-order chi connectivity index (χ1) is 14.7. The molecular formula is C22H25ClIN3O4. The Kier molecular flexibility index (Phi) is 9.57. The lowest BCUT2D eigenvalue weighted by Gasteiger charge is -2.15. The summed E-state index contributed by atoms with van der Waals surface area (Å²) in [6, 6.07) is 8.90. The van der Waals surface area contributed by atoms with Crippen molar-refractivity contribution in [1.29, 1.82) is 0 Å². The van der Waals surface area contributed by atoms with Gasteiger partial charge in [-0.3, -0.25) is 9.59 Å². The Bertz CT molecular complexity index is 979. The van der Waals surface area contributed by atoms with Crippen LogP contribution in [0.25, 0.3) is 0 Å². The number of amides is 2. The number of hydrogen-bond donors (Lipinski definition) is 2. The maximum atomic E-state index is 12.0. The molecule has 0 aromatic heterocycles. The van der Waals surface area contributed by atoms with E-state index in [1.807, 2.05) is 32.9 Å². The van der Waals surface area contributed by atoms with Crippen molar-refractivity contribution in [3.8, 4) is 11.5 Å². The van der Waals surface area contributed by atoms with Gasteiger partial charge in [0.15, 0.2) is 11.5 Å². The highest BCUT2D eigenvalue weighted by Gasteiger charge is 2.13. The first-order valence-electron chi connectivity index (χ1n) is 9.61. The predicted octanol–water partition coefficient (Wildman–Crippen LogP) is 4.92. The molecular weight excluding hydrogens is 533 g/mol. The van der Waals surface area contributed by atoms with Crippen molar-refractivity contribution in [2.75, 3.05) is 12.4 Å². The van der Waals surface area contributed by atoms with Gasteiger partial charge in [-0.2, -0.15) is 5.10 Å². The van der Waals surface area contributed by atoms with E-state index in [2.05, 4.69) is 38.4 Å². The van der Waals surface area contributed by atoms with Crippen molar-refractivity contribution < 1.29 is 19.1 Å². The van der Waals surface area contributed by atoms with Crippen LogP contribution in [0, 0.1) is 10.5 Å². The molecule has 0 spiro atoms. The van der Waals surface area contributed by atoms with Crippen LogP contribution in [0.1, 0.15) is 37.8 Å². The number of hydrazone groups is 1. The zero-order chi connectivity index (χ0) is 23.0. The highest BCUT2D eigenvalue weighted by Crippen LogP contribution is 2.34. The normalized spacial score (nSPS) is 10.9. The Morgan fingerprint density at radius 1 is 1.19 bits per heavy atom. The number of carbonyl (C=O) groups excluding carboxylic acids is 2. The summed E-state index contributed by atoms with van der Waals surface area (Å²) in [5.74, 6) is 0.607. The Morgan fingerprint density at radius 2 is 1.90 bits per heavy atom. The van der Waals surface area contributed by atoms with Crippen LogP contribution in [0.5, 0.6) is 11.5 Å². The summed E-state index contributed by atoms with van der Waals surface area (Å²) in [6.07, 6.45) is 1.56. The molecule has 0 unspecified atom stereocenters. The minimum Gasteiger partial charge on any atom is -0.493 e. The summed E-state index contributed by atoms with van der Waals surface area (Å²) in [5, 5.41) is 7.24. The average molecular weight is 558 g/mol. The highest BCUT2D eigenvalue weighted by atomic mass is 127. The van der Waals surface area contributed by atoms with Gasteiger partial charge in [-0.15, -0.1) is 0 Å². The number of anilines is 1. The summed E-state index contributed by atoms with van der Waals surface area (Å²) >= 11 is 8.21. The number of aryl methyl sites for hydroxylation is 1. The van der Waals surface area contributed by atoms with E-state index in [0.717, 1.165) is 14.7 Å². The SMILES string of the molecule is COc1cc(C=NNC(=O)CCC(=O)Nc2ccc(C)c(Cl)c2)cc(I)c1OC(C)C. The van der Waals surface area contributed by atoms with Gasteiger partial charge in [0.05, 0.1) is 23.0 Å². The molecule has 31 heavy (non-hydrogen) atoms. The van der Waals surface area contributed by atoms with Gasteiger partial charge in [0.2, 0.25) is 11.8 Å². The molecule has 166 valence electrons. The van der Waals surface area contributed by atoms with Crippen LogP contribution in [0.4, 0.5) is 5.69 Å². The first-order valence-corrected chi connectivity index (χ1v) is 11.1. The third kappa shape index (κ3) is 8.02. The largest absolute Gasteiger partial charge is 0.493 e. The molecule has 0 bridgehead atoms. The molecule has 2 aromatic carbocycles. The van der Waals surface area contributed by atoms with E-state index in [-0.39, 0.29) is 30.8 Å². The van der Waals surface area contributed by atoms with E-state index in [1.54, 1.807) is 25.3 Å². The number of hydrogen-bond acceptors (Lipinski definition) is 5. The monoisotopic (exact) mass is 557 g/mol. The summed E-state index contributed by atoms with van der Waals surface area (Å²) in [7, 11) is 1.57. The van der Waals surface area contributed by atoms with Gasteiger partial charge in [-0.25, -0.2) is 5.43 Å². The van der Waals surface area contributed by atoms with Gasteiger partial charge < -0.3 is 14.8 Å². The molecule has 0 saturated heterocycles. The fraction of sp³-hybridized carbons (Fsp3) is 0.318. The highest BCUT2D eigenvalue weighted by molar-refractivity contribution is 14.1. The van der Waals surface area contributed by atoms with Crippen molar-refractivity contribution in [2.45, 2.75) is 39.7 Å². The number of nitrogens with zero attached hydrogens (tertiary/aromatic N) is 1. The number of ether oxygens (including phenoxy) is 2. The van der Waals surface area contributed by atoms with Crippen LogP contribution in [-0.2, 0) is 9.59 Å². The van der Waals surface area contributed by atoms with Gasteiger partial charge in [-0.1, -0.05) is 17.7 Å². The van der Waals surface area contributed by atoms with E-state index < -0.39 is 0 Å². The van der Waals surface area contributed by atoms with Crippen LogP contribution in [0.15, 0.2) is 35.4 Å². The zero-order valence-corrected chi connectivity index (χ0v) is 20.7. The standard InChI is InChI=1S/C22H25ClIN3O4/c1-13(2)31-22-18(24)9-15(10-19(22)30-4)12-25-27-21(29)8-7-20(28)26-16-6-5-14(3)17(23)11-16/h5-6,9-13H,7-8H2,1-4H3,(H,26,28)(H,27,29). The first kappa shape index (κ1) is 24.9. The molecule has 2 N–H and O–H groups in total. The van der Waals surface area contributed by atoms with Crippen molar-refractivity contribution >= 4 is 57.9 Å². The number of carbonyl (C=O) groups is 2. The number of benzene rings is 2. The summed E-state index contributed by atoms with van der Waals surface area (Å²) in [5.41, 5.74) is 4.68. The second-order valence-corrected chi connectivity index (χ2v) is 8.58. The van der Waals surface area contributed by atoms with E-state index in [0.29, 0.717) is 22.2 Å². The number of nitrogens with one attached hydrogen (secondary N) is 2. The van der Waals surface area contributed by atoms with E-state index >= 15 is 0 Å². The van der Waals surface area contributed by atoms with Crippen LogP contribution < -0.4 is 20.2 Å². The fourth-order valence-corrected chi connectivity index (χ4v) is 3.45. The van der Waals surface area contributed by atoms with Gasteiger partial charge in [0, 0.05) is 23.6 Å². The Hall–Kier alpha value is -2.33. The van der Waals surface area contributed by atoms with Crippen molar-refractivity contribution in [3.05, 3.63) is 50.1 Å². The maximum Gasteiger partial charge on any atom is 0.240 e. The number of methoxy groups -OCH3 is 1. The summed E-state index contributed by atoms with van der Waals surface area (Å²) in [4.78, 5) is 24.0. The lowest BCUT2D eigenvalue weighted by molar-refractivity contribution is -0.124. The summed E-state index contributed by atoms with van der Waals surface area (Å²) < 4.78 is 12.0.